The standard InChI is InChI=1S/C19H30N2O3S/c1-16(18-9-5-10-20-14-18)13-19(22)21-11-6-12-25(23,24)15-17-7-3-2-4-8-17/h2-4,7-8,16,18,20H,5-6,9-15H2,1H3,(H,21,22). The van der Waals surface area contributed by atoms with E-state index in [1.165, 1.54) is 12.8 Å². The van der Waals surface area contributed by atoms with Gasteiger partial charge >= 0.3 is 0 Å². The number of piperidine rings is 1. The molecule has 2 atom stereocenters. The molecule has 0 spiro atoms. The van der Waals surface area contributed by atoms with E-state index >= 15 is 0 Å². The molecule has 5 nitrogen and oxygen atoms in total. The minimum atomic E-state index is -3.13. The maximum Gasteiger partial charge on any atom is 0.220 e. The Kier molecular flexibility index (Phi) is 7.90. The Bertz CT molecular complexity index is 625. The zero-order valence-corrected chi connectivity index (χ0v) is 15.9. The fourth-order valence-electron chi connectivity index (χ4n) is 3.32. The van der Waals surface area contributed by atoms with E-state index < -0.39 is 9.84 Å². The minimum absolute atomic E-state index is 0.0264. The summed E-state index contributed by atoms with van der Waals surface area (Å²) in [6.07, 6.45) is 3.33. The lowest BCUT2D eigenvalue weighted by atomic mass is 9.85. The van der Waals surface area contributed by atoms with Crippen molar-refractivity contribution in [3.8, 4) is 0 Å². The molecule has 1 aliphatic heterocycles. The van der Waals surface area contributed by atoms with E-state index in [2.05, 4.69) is 17.6 Å². The van der Waals surface area contributed by atoms with Crippen LogP contribution in [0.25, 0.3) is 0 Å². The van der Waals surface area contributed by atoms with Gasteiger partial charge in [-0.05, 0) is 49.8 Å². The molecule has 0 bridgehead atoms. The number of nitrogens with one attached hydrogen (secondary N) is 2. The maximum absolute atomic E-state index is 12.1. The highest BCUT2D eigenvalue weighted by Crippen LogP contribution is 2.22. The molecule has 25 heavy (non-hydrogen) atoms. The second-order valence-corrected chi connectivity index (χ2v) is 9.25. The first-order valence-electron chi connectivity index (χ1n) is 9.18. The van der Waals surface area contributed by atoms with Crippen molar-refractivity contribution < 1.29 is 13.2 Å². The predicted octanol–water partition coefficient (Wildman–Crippen LogP) is 2.13. The molecule has 1 aromatic carbocycles. The normalized spacial score (nSPS) is 19.3. The third-order valence-electron chi connectivity index (χ3n) is 4.83. The smallest absolute Gasteiger partial charge is 0.220 e. The third-order valence-corrected chi connectivity index (χ3v) is 6.51. The molecule has 2 unspecified atom stereocenters. The van der Waals surface area contributed by atoms with E-state index in [0.29, 0.717) is 31.2 Å². The number of hydrogen-bond donors (Lipinski definition) is 2. The third kappa shape index (κ3) is 7.57. The summed E-state index contributed by atoms with van der Waals surface area (Å²) in [4.78, 5) is 12.0. The van der Waals surface area contributed by atoms with Crippen LogP contribution in [0.4, 0.5) is 0 Å². The molecule has 140 valence electrons. The molecular formula is C19H30N2O3S. The highest BCUT2D eigenvalue weighted by Gasteiger charge is 2.21. The highest BCUT2D eigenvalue weighted by molar-refractivity contribution is 7.90. The van der Waals surface area contributed by atoms with Gasteiger partial charge in [0.15, 0.2) is 9.84 Å². The number of carbonyl (C=O) groups is 1. The number of rotatable bonds is 9. The van der Waals surface area contributed by atoms with Crippen LogP contribution >= 0.6 is 0 Å². The minimum Gasteiger partial charge on any atom is -0.356 e. The van der Waals surface area contributed by atoms with Gasteiger partial charge in [-0.15, -0.1) is 0 Å². The van der Waals surface area contributed by atoms with Crippen LogP contribution in [-0.2, 0) is 20.4 Å². The Morgan fingerprint density at radius 3 is 2.76 bits per heavy atom. The molecule has 0 saturated carbocycles. The van der Waals surface area contributed by atoms with Gasteiger partial charge in [-0.2, -0.15) is 0 Å². The SMILES string of the molecule is CC(CC(=O)NCCCS(=O)(=O)Cc1ccccc1)C1CCCNC1. The van der Waals surface area contributed by atoms with Crippen molar-refractivity contribution in [3.63, 3.8) is 0 Å². The first-order chi connectivity index (χ1) is 12.0. The van der Waals surface area contributed by atoms with E-state index in [0.717, 1.165) is 18.7 Å². The number of amides is 1. The second-order valence-electron chi connectivity index (χ2n) is 7.07. The molecule has 1 heterocycles. The molecule has 1 fully saturated rings. The van der Waals surface area contributed by atoms with Crippen molar-refractivity contribution in [3.05, 3.63) is 35.9 Å². The van der Waals surface area contributed by atoms with Crippen LogP contribution < -0.4 is 10.6 Å². The largest absolute Gasteiger partial charge is 0.356 e. The van der Waals surface area contributed by atoms with Gasteiger partial charge in [-0.3, -0.25) is 4.79 Å². The van der Waals surface area contributed by atoms with E-state index in [4.69, 9.17) is 0 Å². The molecule has 2 N–H and O–H groups in total. The maximum atomic E-state index is 12.1. The molecule has 6 heteroatoms. The average Bonchev–Trinajstić information content (AvgIpc) is 2.60. The van der Waals surface area contributed by atoms with Crippen LogP contribution in [0.1, 0.15) is 38.2 Å². The Balaban J connectivity index is 1.63. The molecule has 1 saturated heterocycles. The lowest BCUT2D eigenvalue weighted by molar-refractivity contribution is -0.122. The van der Waals surface area contributed by atoms with Gasteiger partial charge in [0.05, 0.1) is 11.5 Å². The lowest BCUT2D eigenvalue weighted by Gasteiger charge is -2.28. The summed E-state index contributed by atoms with van der Waals surface area (Å²) in [5.74, 6) is 1.11. The first kappa shape index (κ1) is 19.9. The Hall–Kier alpha value is -1.40. The zero-order valence-electron chi connectivity index (χ0n) is 15.0. The molecule has 2 rings (SSSR count). The van der Waals surface area contributed by atoms with Crippen LogP contribution in [0.15, 0.2) is 30.3 Å². The summed E-state index contributed by atoms with van der Waals surface area (Å²) >= 11 is 0. The fraction of sp³-hybridized carbons (Fsp3) is 0.632. The molecule has 0 aliphatic carbocycles. The summed E-state index contributed by atoms with van der Waals surface area (Å²) in [7, 11) is -3.13. The molecule has 0 aromatic heterocycles. The van der Waals surface area contributed by atoms with Gasteiger partial charge in [0.2, 0.25) is 5.91 Å². The number of hydrogen-bond acceptors (Lipinski definition) is 4. The monoisotopic (exact) mass is 366 g/mol. The van der Waals surface area contributed by atoms with Gasteiger partial charge in [0, 0.05) is 13.0 Å². The number of carbonyl (C=O) groups excluding carboxylic acids is 1. The second kappa shape index (κ2) is 9.92. The Labute approximate surface area is 151 Å². The van der Waals surface area contributed by atoms with Crippen LogP contribution in [-0.4, -0.2) is 39.7 Å². The Morgan fingerprint density at radius 1 is 1.32 bits per heavy atom. The van der Waals surface area contributed by atoms with Crippen molar-refractivity contribution >= 4 is 15.7 Å². The predicted molar refractivity (Wildman–Crippen MR) is 101 cm³/mol. The summed E-state index contributed by atoms with van der Waals surface area (Å²) < 4.78 is 24.2. The van der Waals surface area contributed by atoms with Crippen molar-refractivity contribution in [2.75, 3.05) is 25.4 Å². The molecule has 1 aromatic rings. The Morgan fingerprint density at radius 2 is 2.08 bits per heavy atom. The molecular weight excluding hydrogens is 336 g/mol. The van der Waals surface area contributed by atoms with Gasteiger partial charge < -0.3 is 10.6 Å². The van der Waals surface area contributed by atoms with Crippen LogP contribution in [0, 0.1) is 11.8 Å². The molecule has 0 radical (unpaired) electrons. The van der Waals surface area contributed by atoms with Gasteiger partial charge in [0.25, 0.3) is 0 Å². The van der Waals surface area contributed by atoms with Crippen molar-refractivity contribution in [2.45, 2.75) is 38.4 Å². The van der Waals surface area contributed by atoms with E-state index in [1.807, 2.05) is 30.3 Å². The van der Waals surface area contributed by atoms with Crippen LogP contribution in [0.3, 0.4) is 0 Å². The quantitative estimate of drug-likeness (QED) is 0.657. The van der Waals surface area contributed by atoms with E-state index in [1.54, 1.807) is 0 Å². The zero-order chi connectivity index (χ0) is 18.1. The van der Waals surface area contributed by atoms with Gasteiger partial charge in [0.1, 0.15) is 0 Å². The van der Waals surface area contributed by atoms with Crippen molar-refractivity contribution in [2.24, 2.45) is 11.8 Å². The van der Waals surface area contributed by atoms with Gasteiger partial charge in [-0.1, -0.05) is 37.3 Å². The summed E-state index contributed by atoms with van der Waals surface area (Å²) in [5, 5.41) is 6.24. The summed E-state index contributed by atoms with van der Waals surface area (Å²) in [6.45, 7) is 4.61. The van der Waals surface area contributed by atoms with Crippen molar-refractivity contribution in [1.82, 2.24) is 10.6 Å². The highest BCUT2D eigenvalue weighted by atomic mass is 32.2. The van der Waals surface area contributed by atoms with E-state index in [9.17, 15) is 13.2 Å². The summed E-state index contributed by atoms with van der Waals surface area (Å²) in [5.41, 5.74) is 0.807. The average molecular weight is 367 g/mol. The fourth-order valence-corrected chi connectivity index (χ4v) is 4.74. The van der Waals surface area contributed by atoms with Crippen molar-refractivity contribution in [1.29, 1.82) is 0 Å². The molecule has 1 amide bonds. The number of benzene rings is 1. The molecule has 1 aliphatic rings. The van der Waals surface area contributed by atoms with E-state index in [-0.39, 0.29) is 17.4 Å². The van der Waals surface area contributed by atoms with Crippen LogP contribution in [0.2, 0.25) is 0 Å². The topological polar surface area (TPSA) is 75.3 Å². The summed E-state index contributed by atoms with van der Waals surface area (Å²) in [6, 6.07) is 9.19. The van der Waals surface area contributed by atoms with Crippen LogP contribution in [0.5, 0.6) is 0 Å². The number of sulfone groups is 1. The lowest BCUT2D eigenvalue weighted by Crippen LogP contribution is -2.36. The van der Waals surface area contributed by atoms with Gasteiger partial charge in [-0.25, -0.2) is 8.42 Å². The first-order valence-corrected chi connectivity index (χ1v) is 11.0.